The van der Waals surface area contributed by atoms with E-state index in [-0.39, 0.29) is 12.6 Å². The molecule has 2 aromatic rings. The van der Waals surface area contributed by atoms with Crippen molar-refractivity contribution in [2.45, 2.75) is 19.3 Å². The molecule has 0 N–H and O–H groups in total. The van der Waals surface area contributed by atoms with Crippen LogP contribution in [0.3, 0.4) is 0 Å². The minimum atomic E-state index is 0.196. The number of fused-ring (bicyclic) bond motifs is 2. The molecular weight excluding hydrogens is 290 g/mol. The Hall–Kier alpha value is -2.08. The van der Waals surface area contributed by atoms with Gasteiger partial charge in [0.05, 0.1) is 17.7 Å². The first-order chi connectivity index (χ1) is 10.3. The van der Waals surface area contributed by atoms with Gasteiger partial charge in [0, 0.05) is 12.0 Å². The highest BCUT2D eigenvalue weighted by Gasteiger charge is 2.25. The van der Waals surface area contributed by atoms with Crippen molar-refractivity contribution >= 4 is 17.1 Å². The van der Waals surface area contributed by atoms with Crippen molar-refractivity contribution in [2.24, 2.45) is 0 Å². The third kappa shape index (κ3) is 1.98. The SMILES string of the molecule is COc1cc(-c2nc3c(s2)C(=O)CCC3)cc2c1OCO2. The van der Waals surface area contributed by atoms with Crippen molar-refractivity contribution in [3.05, 3.63) is 22.7 Å². The van der Waals surface area contributed by atoms with Gasteiger partial charge < -0.3 is 14.2 Å². The standard InChI is InChI=1S/C15H13NO4S/c1-18-11-5-8(6-12-13(11)20-7-19-12)15-16-9-3-2-4-10(17)14(9)21-15/h5-6H,2-4,7H2,1H3. The van der Waals surface area contributed by atoms with E-state index in [0.29, 0.717) is 23.7 Å². The Kier molecular flexibility index (Phi) is 2.85. The topological polar surface area (TPSA) is 57.7 Å². The average Bonchev–Trinajstić information content (AvgIpc) is 3.12. The number of benzene rings is 1. The molecule has 0 spiro atoms. The van der Waals surface area contributed by atoms with Gasteiger partial charge in [-0.25, -0.2) is 4.98 Å². The fourth-order valence-corrected chi connectivity index (χ4v) is 3.71. The van der Waals surface area contributed by atoms with E-state index in [1.165, 1.54) is 11.3 Å². The molecule has 1 aliphatic heterocycles. The summed E-state index contributed by atoms with van der Waals surface area (Å²) in [6.45, 7) is 0.196. The van der Waals surface area contributed by atoms with Crippen LogP contribution < -0.4 is 14.2 Å². The molecule has 0 saturated heterocycles. The van der Waals surface area contributed by atoms with Gasteiger partial charge in [-0.2, -0.15) is 0 Å². The Bertz CT molecular complexity index is 738. The highest BCUT2D eigenvalue weighted by Crippen LogP contribution is 2.45. The molecule has 5 nitrogen and oxygen atoms in total. The summed E-state index contributed by atoms with van der Waals surface area (Å²) < 4.78 is 16.2. The summed E-state index contributed by atoms with van der Waals surface area (Å²) in [6, 6.07) is 3.77. The van der Waals surface area contributed by atoms with Crippen molar-refractivity contribution in [3.63, 3.8) is 0 Å². The van der Waals surface area contributed by atoms with Gasteiger partial charge in [0.1, 0.15) is 5.01 Å². The van der Waals surface area contributed by atoms with Crippen LogP contribution in [0.2, 0.25) is 0 Å². The normalized spacial score (nSPS) is 16.0. The second kappa shape index (κ2) is 4.73. The molecule has 0 unspecified atom stereocenters. The lowest BCUT2D eigenvalue weighted by molar-refractivity contribution is 0.0976. The number of carbonyl (C=O) groups is 1. The number of methoxy groups -OCH3 is 1. The van der Waals surface area contributed by atoms with Crippen LogP contribution in [0.5, 0.6) is 17.2 Å². The van der Waals surface area contributed by atoms with E-state index in [4.69, 9.17) is 14.2 Å². The number of carbonyl (C=O) groups excluding carboxylic acids is 1. The van der Waals surface area contributed by atoms with Gasteiger partial charge in [-0.05, 0) is 25.0 Å². The van der Waals surface area contributed by atoms with Crippen molar-refractivity contribution in [2.75, 3.05) is 13.9 Å². The number of hydrogen-bond donors (Lipinski definition) is 0. The number of aromatic nitrogens is 1. The van der Waals surface area contributed by atoms with Crippen LogP contribution in [0.4, 0.5) is 0 Å². The first kappa shape index (κ1) is 12.6. The molecule has 6 heteroatoms. The van der Waals surface area contributed by atoms with E-state index < -0.39 is 0 Å². The number of ketones is 1. The van der Waals surface area contributed by atoms with E-state index in [0.717, 1.165) is 34.0 Å². The summed E-state index contributed by atoms with van der Waals surface area (Å²) in [5.41, 5.74) is 1.81. The van der Waals surface area contributed by atoms with E-state index in [2.05, 4.69) is 4.98 Å². The van der Waals surface area contributed by atoms with E-state index in [1.54, 1.807) is 7.11 Å². The monoisotopic (exact) mass is 303 g/mol. The van der Waals surface area contributed by atoms with Crippen LogP contribution in [0.1, 0.15) is 28.2 Å². The molecule has 2 heterocycles. The lowest BCUT2D eigenvalue weighted by Gasteiger charge is -2.06. The number of hydrogen-bond acceptors (Lipinski definition) is 6. The van der Waals surface area contributed by atoms with Crippen molar-refractivity contribution in [1.29, 1.82) is 0 Å². The fourth-order valence-electron chi connectivity index (χ4n) is 2.65. The number of rotatable bonds is 2. The number of aryl methyl sites for hydroxylation is 1. The lowest BCUT2D eigenvalue weighted by Crippen LogP contribution is -2.07. The Morgan fingerprint density at radius 3 is 3.00 bits per heavy atom. The zero-order valence-electron chi connectivity index (χ0n) is 11.5. The summed E-state index contributed by atoms with van der Waals surface area (Å²) in [5.74, 6) is 2.11. The molecule has 0 saturated carbocycles. The Labute approximate surface area is 125 Å². The van der Waals surface area contributed by atoms with Crippen molar-refractivity contribution in [3.8, 4) is 27.8 Å². The zero-order chi connectivity index (χ0) is 14.4. The molecule has 108 valence electrons. The molecule has 1 aromatic carbocycles. The first-order valence-electron chi connectivity index (χ1n) is 6.77. The van der Waals surface area contributed by atoms with Gasteiger partial charge in [0.15, 0.2) is 17.3 Å². The van der Waals surface area contributed by atoms with Crippen LogP contribution in [-0.2, 0) is 6.42 Å². The molecule has 0 radical (unpaired) electrons. The minimum Gasteiger partial charge on any atom is -0.493 e. The quantitative estimate of drug-likeness (QED) is 0.853. The second-order valence-electron chi connectivity index (χ2n) is 4.98. The van der Waals surface area contributed by atoms with Crippen LogP contribution in [0.25, 0.3) is 10.6 Å². The first-order valence-corrected chi connectivity index (χ1v) is 7.59. The highest BCUT2D eigenvalue weighted by molar-refractivity contribution is 7.17. The Morgan fingerprint density at radius 2 is 2.19 bits per heavy atom. The van der Waals surface area contributed by atoms with Crippen LogP contribution in [0, 0.1) is 0 Å². The number of Topliss-reactive ketones (excluding diaryl/α,β-unsaturated/α-hetero) is 1. The smallest absolute Gasteiger partial charge is 0.231 e. The molecule has 0 atom stereocenters. The molecule has 21 heavy (non-hydrogen) atoms. The molecule has 1 aliphatic carbocycles. The zero-order valence-corrected chi connectivity index (χ0v) is 12.3. The van der Waals surface area contributed by atoms with E-state index >= 15 is 0 Å². The van der Waals surface area contributed by atoms with Gasteiger partial charge >= 0.3 is 0 Å². The fraction of sp³-hybridized carbons (Fsp3) is 0.333. The Morgan fingerprint density at radius 1 is 1.29 bits per heavy atom. The summed E-state index contributed by atoms with van der Waals surface area (Å²) in [6.07, 6.45) is 2.39. The summed E-state index contributed by atoms with van der Waals surface area (Å²) >= 11 is 1.45. The van der Waals surface area contributed by atoms with Gasteiger partial charge in [0.25, 0.3) is 0 Å². The van der Waals surface area contributed by atoms with Gasteiger partial charge in [-0.3, -0.25) is 4.79 Å². The van der Waals surface area contributed by atoms with E-state index in [9.17, 15) is 4.79 Å². The largest absolute Gasteiger partial charge is 0.493 e. The Balaban J connectivity index is 1.82. The van der Waals surface area contributed by atoms with Crippen LogP contribution in [-0.4, -0.2) is 24.7 Å². The molecule has 0 fully saturated rings. The van der Waals surface area contributed by atoms with Crippen molar-refractivity contribution in [1.82, 2.24) is 4.98 Å². The molecule has 1 aromatic heterocycles. The maximum absolute atomic E-state index is 11.9. The highest BCUT2D eigenvalue weighted by atomic mass is 32.1. The maximum atomic E-state index is 11.9. The van der Waals surface area contributed by atoms with Crippen LogP contribution >= 0.6 is 11.3 Å². The third-order valence-corrected chi connectivity index (χ3v) is 4.86. The maximum Gasteiger partial charge on any atom is 0.231 e. The predicted molar refractivity (Wildman–Crippen MR) is 77.5 cm³/mol. The number of nitrogens with zero attached hydrogens (tertiary/aromatic N) is 1. The lowest BCUT2D eigenvalue weighted by atomic mass is 10.0. The predicted octanol–water partition coefficient (Wildman–Crippen LogP) is 3.07. The number of thiazole rings is 1. The molecule has 0 bridgehead atoms. The van der Waals surface area contributed by atoms with E-state index in [1.807, 2.05) is 12.1 Å². The second-order valence-corrected chi connectivity index (χ2v) is 5.98. The molecule has 4 rings (SSSR count). The summed E-state index contributed by atoms with van der Waals surface area (Å²) in [5, 5.41) is 0.826. The minimum absolute atomic E-state index is 0.196. The van der Waals surface area contributed by atoms with Gasteiger partial charge in [-0.15, -0.1) is 11.3 Å². The summed E-state index contributed by atoms with van der Waals surface area (Å²) in [4.78, 5) is 17.4. The van der Waals surface area contributed by atoms with Crippen molar-refractivity contribution < 1.29 is 19.0 Å². The number of ether oxygens (including phenoxy) is 3. The van der Waals surface area contributed by atoms with Gasteiger partial charge in [0.2, 0.25) is 12.5 Å². The summed E-state index contributed by atoms with van der Waals surface area (Å²) in [7, 11) is 1.59. The molecule has 0 amide bonds. The molecular formula is C15H13NO4S. The molecule has 2 aliphatic rings. The average molecular weight is 303 g/mol. The van der Waals surface area contributed by atoms with Gasteiger partial charge in [-0.1, -0.05) is 0 Å². The third-order valence-electron chi connectivity index (χ3n) is 3.67. The van der Waals surface area contributed by atoms with Crippen LogP contribution in [0.15, 0.2) is 12.1 Å².